The van der Waals surface area contributed by atoms with Gasteiger partial charge in [0.1, 0.15) is 5.75 Å². The predicted octanol–water partition coefficient (Wildman–Crippen LogP) is 3.44. The van der Waals surface area contributed by atoms with Crippen LogP contribution < -0.4 is 10.1 Å². The summed E-state index contributed by atoms with van der Waals surface area (Å²) in [7, 11) is 1.35. The van der Waals surface area contributed by atoms with E-state index < -0.39 is 0 Å². The summed E-state index contributed by atoms with van der Waals surface area (Å²) in [5.74, 6) is -0.0497. The number of ether oxygens (including phenoxy) is 2. The van der Waals surface area contributed by atoms with Crippen molar-refractivity contribution in [3.05, 3.63) is 59.7 Å². The number of esters is 1. The molecule has 126 valence electrons. The van der Waals surface area contributed by atoms with Gasteiger partial charge < -0.3 is 14.8 Å². The summed E-state index contributed by atoms with van der Waals surface area (Å²) in [5, 5.41) is 2.83. The van der Waals surface area contributed by atoms with Crippen molar-refractivity contribution in [1.29, 1.82) is 0 Å². The number of anilines is 1. The van der Waals surface area contributed by atoms with Gasteiger partial charge in [-0.25, -0.2) is 0 Å². The standard InChI is InChI=1S/C19H21NO4/c1-13(2)24-17-10-5-4-9-16(17)19(22)20-15-8-6-7-14(11-15)12-18(21)23-3/h4-11,13H,12H2,1-3H3,(H,20,22). The summed E-state index contributed by atoms with van der Waals surface area (Å²) in [5.41, 5.74) is 1.84. The minimum Gasteiger partial charge on any atom is -0.490 e. The molecular weight excluding hydrogens is 306 g/mol. The van der Waals surface area contributed by atoms with Crippen LogP contribution >= 0.6 is 0 Å². The van der Waals surface area contributed by atoms with Gasteiger partial charge in [-0.15, -0.1) is 0 Å². The fourth-order valence-electron chi connectivity index (χ4n) is 2.21. The first-order chi connectivity index (χ1) is 11.5. The molecule has 24 heavy (non-hydrogen) atoms. The second-order valence-electron chi connectivity index (χ2n) is 5.57. The Labute approximate surface area is 141 Å². The normalized spacial score (nSPS) is 10.3. The minimum absolute atomic E-state index is 0.0256. The van der Waals surface area contributed by atoms with Crippen LogP contribution in [0.15, 0.2) is 48.5 Å². The van der Waals surface area contributed by atoms with Gasteiger partial charge in [-0.05, 0) is 43.7 Å². The number of rotatable bonds is 6. The molecule has 5 nitrogen and oxygen atoms in total. The quantitative estimate of drug-likeness (QED) is 0.826. The van der Waals surface area contributed by atoms with Crippen molar-refractivity contribution in [2.45, 2.75) is 26.4 Å². The highest BCUT2D eigenvalue weighted by atomic mass is 16.5. The number of carbonyl (C=O) groups excluding carboxylic acids is 2. The van der Waals surface area contributed by atoms with Crippen molar-refractivity contribution in [1.82, 2.24) is 0 Å². The number of benzene rings is 2. The first-order valence-electron chi connectivity index (χ1n) is 7.72. The van der Waals surface area contributed by atoms with Gasteiger partial charge in [0.05, 0.1) is 25.2 Å². The van der Waals surface area contributed by atoms with Crippen molar-refractivity contribution >= 4 is 17.6 Å². The molecule has 0 aromatic heterocycles. The molecule has 0 spiro atoms. The summed E-state index contributed by atoms with van der Waals surface area (Å²) in [4.78, 5) is 23.9. The van der Waals surface area contributed by atoms with E-state index in [2.05, 4.69) is 10.1 Å². The Morgan fingerprint density at radius 1 is 1.08 bits per heavy atom. The van der Waals surface area contributed by atoms with E-state index in [1.807, 2.05) is 26.0 Å². The molecule has 0 aliphatic rings. The van der Waals surface area contributed by atoms with Crippen LogP contribution in [0.1, 0.15) is 29.8 Å². The molecule has 0 radical (unpaired) electrons. The van der Waals surface area contributed by atoms with Gasteiger partial charge in [0.25, 0.3) is 5.91 Å². The topological polar surface area (TPSA) is 64.6 Å². The van der Waals surface area contributed by atoms with E-state index in [0.717, 1.165) is 5.56 Å². The van der Waals surface area contributed by atoms with E-state index in [1.165, 1.54) is 7.11 Å². The lowest BCUT2D eigenvalue weighted by Gasteiger charge is -2.14. The Morgan fingerprint density at radius 3 is 2.54 bits per heavy atom. The molecule has 0 aliphatic carbocycles. The smallest absolute Gasteiger partial charge is 0.309 e. The highest BCUT2D eigenvalue weighted by Crippen LogP contribution is 2.21. The fraction of sp³-hybridized carbons (Fsp3) is 0.263. The zero-order valence-electron chi connectivity index (χ0n) is 14.0. The van der Waals surface area contributed by atoms with Crippen LogP contribution in [0.3, 0.4) is 0 Å². The summed E-state index contributed by atoms with van der Waals surface area (Å²) in [6.45, 7) is 3.82. The average molecular weight is 327 g/mol. The second kappa shape index (κ2) is 8.15. The number of carbonyl (C=O) groups is 2. The second-order valence-corrected chi connectivity index (χ2v) is 5.57. The molecule has 0 aliphatic heterocycles. The van der Waals surface area contributed by atoms with E-state index in [4.69, 9.17) is 4.74 Å². The van der Waals surface area contributed by atoms with Gasteiger partial charge in [-0.3, -0.25) is 9.59 Å². The Kier molecular flexibility index (Phi) is 5.95. The van der Waals surface area contributed by atoms with Crippen LogP contribution in [0, 0.1) is 0 Å². The molecule has 0 saturated heterocycles. The number of hydrogen-bond acceptors (Lipinski definition) is 4. The SMILES string of the molecule is COC(=O)Cc1cccc(NC(=O)c2ccccc2OC(C)C)c1. The fourth-order valence-corrected chi connectivity index (χ4v) is 2.21. The summed E-state index contributed by atoms with van der Waals surface area (Å²) in [6, 6.07) is 14.2. The zero-order valence-corrected chi connectivity index (χ0v) is 14.0. The molecule has 2 rings (SSSR count). The van der Waals surface area contributed by atoms with Gasteiger partial charge in [0, 0.05) is 5.69 Å². The molecule has 1 amide bonds. The third kappa shape index (κ3) is 4.84. The number of hydrogen-bond donors (Lipinski definition) is 1. The van der Waals surface area contributed by atoms with Crippen molar-refractivity contribution < 1.29 is 19.1 Å². The van der Waals surface area contributed by atoms with Crippen LogP contribution in [0.4, 0.5) is 5.69 Å². The molecule has 0 saturated carbocycles. The maximum Gasteiger partial charge on any atom is 0.309 e. The number of amides is 1. The van der Waals surface area contributed by atoms with E-state index >= 15 is 0 Å². The van der Waals surface area contributed by atoms with Crippen molar-refractivity contribution in [3.8, 4) is 5.75 Å². The molecule has 0 atom stereocenters. The Morgan fingerprint density at radius 2 is 1.83 bits per heavy atom. The van der Waals surface area contributed by atoms with Crippen molar-refractivity contribution in [3.63, 3.8) is 0 Å². The average Bonchev–Trinajstić information content (AvgIpc) is 2.55. The molecule has 1 N–H and O–H groups in total. The Balaban J connectivity index is 2.15. The van der Waals surface area contributed by atoms with Crippen molar-refractivity contribution in [2.75, 3.05) is 12.4 Å². The van der Waals surface area contributed by atoms with Gasteiger partial charge in [-0.2, -0.15) is 0 Å². The van der Waals surface area contributed by atoms with Gasteiger partial charge in [-0.1, -0.05) is 24.3 Å². The summed E-state index contributed by atoms with van der Waals surface area (Å²) in [6.07, 6.45) is 0.134. The van der Waals surface area contributed by atoms with E-state index in [0.29, 0.717) is 17.0 Å². The number of nitrogens with one attached hydrogen (secondary N) is 1. The predicted molar refractivity (Wildman–Crippen MR) is 92.3 cm³/mol. The van der Waals surface area contributed by atoms with E-state index in [9.17, 15) is 9.59 Å². The Hall–Kier alpha value is -2.82. The summed E-state index contributed by atoms with van der Waals surface area (Å²) < 4.78 is 10.3. The molecular formula is C19H21NO4. The van der Waals surface area contributed by atoms with Gasteiger partial charge in [0.2, 0.25) is 0 Å². The maximum atomic E-state index is 12.5. The first kappa shape index (κ1) is 17.5. The molecule has 2 aromatic rings. The number of methoxy groups -OCH3 is 1. The lowest BCUT2D eigenvalue weighted by Crippen LogP contribution is -2.16. The molecule has 5 heteroatoms. The van der Waals surface area contributed by atoms with Crippen LogP contribution in [-0.4, -0.2) is 25.1 Å². The highest BCUT2D eigenvalue weighted by molar-refractivity contribution is 6.06. The molecule has 2 aromatic carbocycles. The lowest BCUT2D eigenvalue weighted by molar-refractivity contribution is -0.139. The van der Waals surface area contributed by atoms with E-state index in [1.54, 1.807) is 36.4 Å². The number of para-hydroxylation sites is 1. The maximum absolute atomic E-state index is 12.5. The van der Waals surface area contributed by atoms with E-state index in [-0.39, 0.29) is 24.4 Å². The molecule has 0 fully saturated rings. The first-order valence-corrected chi connectivity index (χ1v) is 7.72. The minimum atomic E-state index is -0.325. The van der Waals surface area contributed by atoms with Crippen LogP contribution in [0.25, 0.3) is 0 Å². The third-order valence-corrected chi connectivity index (χ3v) is 3.26. The molecule has 0 bridgehead atoms. The lowest BCUT2D eigenvalue weighted by atomic mass is 10.1. The van der Waals surface area contributed by atoms with Crippen LogP contribution in [0.5, 0.6) is 5.75 Å². The van der Waals surface area contributed by atoms with Crippen LogP contribution in [0.2, 0.25) is 0 Å². The van der Waals surface area contributed by atoms with Crippen LogP contribution in [-0.2, 0) is 16.0 Å². The Bertz CT molecular complexity index is 725. The van der Waals surface area contributed by atoms with Crippen molar-refractivity contribution in [2.24, 2.45) is 0 Å². The largest absolute Gasteiger partial charge is 0.490 e. The molecule has 0 heterocycles. The highest BCUT2D eigenvalue weighted by Gasteiger charge is 2.13. The van der Waals surface area contributed by atoms with Gasteiger partial charge in [0.15, 0.2) is 0 Å². The summed E-state index contributed by atoms with van der Waals surface area (Å²) >= 11 is 0. The zero-order chi connectivity index (χ0) is 17.5. The van der Waals surface area contributed by atoms with Gasteiger partial charge >= 0.3 is 5.97 Å². The monoisotopic (exact) mass is 327 g/mol. The molecule has 0 unspecified atom stereocenters. The third-order valence-electron chi connectivity index (χ3n) is 3.26.